The van der Waals surface area contributed by atoms with E-state index in [2.05, 4.69) is 49.8 Å². The molecule has 1 aliphatic heterocycles. The molecule has 2 aromatic heterocycles. The summed E-state index contributed by atoms with van der Waals surface area (Å²) in [6, 6.07) is 4.24. The minimum atomic E-state index is 0.0944. The topological polar surface area (TPSA) is 58.6 Å². The summed E-state index contributed by atoms with van der Waals surface area (Å²) in [7, 11) is 1.95. The Hall–Kier alpha value is -2.06. The van der Waals surface area contributed by atoms with Gasteiger partial charge in [-0.15, -0.1) is 0 Å². The van der Waals surface area contributed by atoms with Crippen LogP contribution in [0.1, 0.15) is 68.0 Å². The lowest BCUT2D eigenvalue weighted by Crippen LogP contribution is -2.26. The van der Waals surface area contributed by atoms with Crippen molar-refractivity contribution in [3.05, 3.63) is 40.7 Å². The normalized spacial score (nSPS) is 17.4. The van der Waals surface area contributed by atoms with Crippen LogP contribution in [0.2, 0.25) is 0 Å². The van der Waals surface area contributed by atoms with Gasteiger partial charge in [-0.05, 0) is 31.4 Å². The van der Waals surface area contributed by atoms with Crippen molar-refractivity contribution in [1.82, 2.24) is 19.4 Å². The fourth-order valence-electron chi connectivity index (χ4n) is 3.56. The molecule has 0 saturated carbocycles. The third-order valence-electron chi connectivity index (χ3n) is 5.35. The van der Waals surface area contributed by atoms with Gasteiger partial charge in [0.2, 0.25) is 0 Å². The van der Waals surface area contributed by atoms with Gasteiger partial charge in [0.15, 0.2) is 0 Å². The highest BCUT2D eigenvalue weighted by molar-refractivity contribution is 5.34. The predicted octanol–water partition coefficient (Wildman–Crippen LogP) is 3.37. The third kappa shape index (κ3) is 3.50. The first-order valence-corrected chi connectivity index (χ1v) is 9.15. The molecular weight excluding hydrogens is 310 g/mol. The zero-order chi connectivity index (χ0) is 18.2. The number of nitriles is 1. The Kier molecular flexibility index (Phi) is 4.75. The second-order valence-electron chi connectivity index (χ2n) is 8.21. The average molecular weight is 339 g/mol. The molecule has 1 unspecified atom stereocenters. The Morgan fingerprint density at radius 2 is 2.16 bits per heavy atom. The van der Waals surface area contributed by atoms with Crippen molar-refractivity contribution in [2.75, 3.05) is 6.54 Å². The Morgan fingerprint density at radius 3 is 2.80 bits per heavy atom. The van der Waals surface area contributed by atoms with E-state index in [9.17, 15) is 0 Å². The van der Waals surface area contributed by atoms with Crippen LogP contribution in [-0.4, -0.2) is 20.7 Å². The summed E-state index contributed by atoms with van der Waals surface area (Å²) in [4.78, 5) is 4.95. The van der Waals surface area contributed by atoms with E-state index in [4.69, 9.17) is 10.2 Å². The molecule has 0 aromatic carbocycles. The van der Waals surface area contributed by atoms with Crippen LogP contribution in [0.5, 0.6) is 0 Å². The van der Waals surface area contributed by atoms with Gasteiger partial charge in [0.25, 0.3) is 0 Å². The van der Waals surface area contributed by atoms with Gasteiger partial charge in [0.1, 0.15) is 17.6 Å². The van der Waals surface area contributed by atoms with Crippen LogP contribution in [0.25, 0.3) is 0 Å². The summed E-state index contributed by atoms with van der Waals surface area (Å²) >= 11 is 0. The van der Waals surface area contributed by atoms with E-state index < -0.39 is 0 Å². The molecule has 5 nitrogen and oxygen atoms in total. The molecule has 0 aliphatic carbocycles. The SMILES string of the molecule is Cc1c(CNCC2CCCn3cc(C(C)(C)C)nc32)cc(C#N)n1C. The lowest BCUT2D eigenvalue weighted by molar-refractivity contribution is 0.422. The van der Waals surface area contributed by atoms with Crippen LogP contribution < -0.4 is 5.32 Å². The fraction of sp³-hybridized carbons (Fsp3) is 0.600. The maximum absolute atomic E-state index is 9.16. The first kappa shape index (κ1) is 17.8. The molecule has 0 saturated heterocycles. The Bertz CT molecular complexity index is 797. The molecule has 1 N–H and O–H groups in total. The molecule has 134 valence electrons. The van der Waals surface area contributed by atoms with Crippen LogP contribution in [0, 0.1) is 18.3 Å². The van der Waals surface area contributed by atoms with E-state index in [1.165, 1.54) is 29.9 Å². The minimum Gasteiger partial charge on any atom is -0.340 e. The molecular formula is C20H29N5. The Morgan fingerprint density at radius 1 is 1.40 bits per heavy atom. The van der Waals surface area contributed by atoms with E-state index in [-0.39, 0.29) is 5.41 Å². The predicted molar refractivity (Wildman–Crippen MR) is 99.5 cm³/mol. The monoisotopic (exact) mass is 339 g/mol. The molecule has 0 radical (unpaired) electrons. The van der Waals surface area contributed by atoms with Gasteiger partial charge >= 0.3 is 0 Å². The summed E-state index contributed by atoms with van der Waals surface area (Å²) in [6.07, 6.45) is 4.63. The number of imidazole rings is 1. The molecule has 0 amide bonds. The number of aromatic nitrogens is 3. The number of fused-ring (bicyclic) bond motifs is 1. The lowest BCUT2D eigenvalue weighted by atomic mass is 9.93. The Labute approximate surface area is 150 Å². The van der Waals surface area contributed by atoms with E-state index >= 15 is 0 Å². The number of nitrogens with zero attached hydrogens (tertiary/aromatic N) is 4. The van der Waals surface area contributed by atoms with Gasteiger partial charge in [0.05, 0.1) is 5.69 Å². The minimum absolute atomic E-state index is 0.0944. The second kappa shape index (κ2) is 6.68. The average Bonchev–Trinajstić information content (AvgIpc) is 3.12. The maximum Gasteiger partial charge on any atom is 0.120 e. The van der Waals surface area contributed by atoms with E-state index in [1.807, 2.05) is 17.7 Å². The number of aryl methyl sites for hydroxylation is 1. The van der Waals surface area contributed by atoms with Gasteiger partial charge < -0.3 is 14.5 Å². The second-order valence-corrected chi connectivity index (χ2v) is 8.21. The summed E-state index contributed by atoms with van der Waals surface area (Å²) in [5.74, 6) is 1.69. The molecule has 2 aromatic rings. The maximum atomic E-state index is 9.16. The molecule has 0 bridgehead atoms. The van der Waals surface area contributed by atoms with Gasteiger partial charge in [0, 0.05) is 49.9 Å². The highest BCUT2D eigenvalue weighted by Crippen LogP contribution is 2.30. The van der Waals surface area contributed by atoms with Gasteiger partial charge in [-0.1, -0.05) is 20.8 Å². The quantitative estimate of drug-likeness (QED) is 0.929. The van der Waals surface area contributed by atoms with Crippen molar-refractivity contribution in [3.8, 4) is 6.07 Å². The van der Waals surface area contributed by atoms with Crippen molar-refractivity contribution < 1.29 is 0 Å². The first-order chi connectivity index (χ1) is 11.8. The summed E-state index contributed by atoms with van der Waals surface area (Å²) < 4.78 is 4.30. The molecule has 1 atom stereocenters. The van der Waals surface area contributed by atoms with Crippen LogP contribution in [0.4, 0.5) is 0 Å². The van der Waals surface area contributed by atoms with Crippen molar-refractivity contribution in [2.45, 2.75) is 65.0 Å². The van der Waals surface area contributed by atoms with Crippen LogP contribution in [0.15, 0.2) is 12.3 Å². The summed E-state index contributed by atoms with van der Waals surface area (Å²) in [5.41, 5.74) is 4.36. The van der Waals surface area contributed by atoms with Crippen LogP contribution in [-0.2, 0) is 25.6 Å². The molecule has 0 spiro atoms. The zero-order valence-corrected chi connectivity index (χ0v) is 16.1. The molecule has 25 heavy (non-hydrogen) atoms. The number of hydrogen-bond acceptors (Lipinski definition) is 3. The number of nitrogens with one attached hydrogen (secondary N) is 1. The molecule has 3 rings (SSSR count). The molecule has 1 aliphatic rings. The van der Waals surface area contributed by atoms with Crippen LogP contribution in [0.3, 0.4) is 0 Å². The fourth-order valence-corrected chi connectivity index (χ4v) is 3.56. The zero-order valence-electron chi connectivity index (χ0n) is 16.1. The molecule has 0 fully saturated rings. The summed E-state index contributed by atoms with van der Waals surface area (Å²) in [5, 5.41) is 12.8. The van der Waals surface area contributed by atoms with Gasteiger partial charge in [-0.25, -0.2) is 4.98 Å². The Balaban J connectivity index is 1.68. The highest BCUT2D eigenvalue weighted by atomic mass is 15.1. The standard InChI is InChI=1S/C20H29N5/c1-14-16(9-17(10-21)24(14)5)12-22-11-15-7-6-8-25-13-18(20(2,3)4)23-19(15)25/h9,13,15,22H,6-8,11-12H2,1-5H3. The van der Waals surface area contributed by atoms with E-state index in [0.29, 0.717) is 5.92 Å². The van der Waals surface area contributed by atoms with Crippen molar-refractivity contribution >= 4 is 0 Å². The third-order valence-corrected chi connectivity index (χ3v) is 5.35. The van der Waals surface area contributed by atoms with Crippen LogP contribution >= 0.6 is 0 Å². The highest BCUT2D eigenvalue weighted by Gasteiger charge is 2.26. The van der Waals surface area contributed by atoms with Gasteiger partial charge in [-0.2, -0.15) is 5.26 Å². The van der Waals surface area contributed by atoms with Crippen molar-refractivity contribution in [3.63, 3.8) is 0 Å². The van der Waals surface area contributed by atoms with E-state index in [0.717, 1.165) is 31.0 Å². The van der Waals surface area contributed by atoms with Gasteiger partial charge in [-0.3, -0.25) is 0 Å². The first-order valence-electron chi connectivity index (χ1n) is 9.15. The summed E-state index contributed by atoms with van der Waals surface area (Å²) in [6.45, 7) is 11.5. The van der Waals surface area contributed by atoms with E-state index in [1.54, 1.807) is 0 Å². The number of hydrogen-bond donors (Lipinski definition) is 1. The molecule has 3 heterocycles. The smallest absolute Gasteiger partial charge is 0.120 e. The number of rotatable bonds is 4. The van der Waals surface area contributed by atoms with Crippen molar-refractivity contribution in [2.24, 2.45) is 7.05 Å². The van der Waals surface area contributed by atoms with Crippen molar-refractivity contribution in [1.29, 1.82) is 5.26 Å². The largest absolute Gasteiger partial charge is 0.340 e. The molecule has 5 heteroatoms. The lowest BCUT2D eigenvalue weighted by Gasteiger charge is -2.23.